The molecule has 0 amide bonds. The molecule has 0 spiro atoms. The standard InChI is InChI=1S/C19H14ClN3O2/c1-11-15(14-4-2-3-5-16(14)21-11)10-17-18(24)23(19(25)22-17)13-8-6-12(20)7-9-13/h2-10,24H,1H3,(H,22,25). The molecule has 124 valence electrons. The molecule has 2 heterocycles. The summed E-state index contributed by atoms with van der Waals surface area (Å²) in [4.78, 5) is 19.5. The van der Waals surface area contributed by atoms with Gasteiger partial charge in [-0.1, -0.05) is 29.8 Å². The topological polar surface area (TPSA) is 70.4 Å². The van der Waals surface area contributed by atoms with Crippen molar-refractivity contribution in [3.63, 3.8) is 0 Å². The van der Waals surface area contributed by atoms with E-state index in [0.29, 0.717) is 16.4 Å². The Hall–Kier alpha value is -3.05. The van der Waals surface area contributed by atoms with Crippen molar-refractivity contribution in [1.29, 1.82) is 0 Å². The van der Waals surface area contributed by atoms with E-state index in [2.05, 4.69) is 9.98 Å². The van der Waals surface area contributed by atoms with Crippen LogP contribution in [0.15, 0.2) is 58.3 Å². The number of imidazole rings is 1. The number of nitrogens with one attached hydrogen (secondary N) is 1. The van der Waals surface area contributed by atoms with Crippen molar-refractivity contribution in [3.8, 4) is 11.6 Å². The largest absolute Gasteiger partial charge is 0.493 e. The van der Waals surface area contributed by atoms with Gasteiger partial charge in [0.25, 0.3) is 0 Å². The number of aromatic amines is 1. The van der Waals surface area contributed by atoms with E-state index in [0.717, 1.165) is 22.5 Å². The summed E-state index contributed by atoms with van der Waals surface area (Å²) in [5, 5.41) is 11.1. The van der Waals surface area contributed by atoms with Gasteiger partial charge in [-0.25, -0.2) is 9.36 Å². The molecule has 2 N–H and O–H groups in total. The number of benzene rings is 2. The van der Waals surface area contributed by atoms with Gasteiger partial charge in [-0.05, 0) is 43.3 Å². The SMILES string of the molecule is CC1=Nc2ccccc2C1=Cc1[nH]c(=O)n(-c2ccc(Cl)cc2)c1O. The lowest BCUT2D eigenvalue weighted by Gasteiger charge is -2.04. The summed E-state index contributed by atoms with van der Waals surface area (Å²) in [5.74, 6) is -0.156. The maximum atomic E-state index is 12.3. The van der Waals surface area contributed by atoms with E-state index in [-0.39, 0.29) is 5.88 Å². The minimum Gasteiger partial charge on any atom is -0.493 e. The average molecular weight is 352 g/mol. The highest BCUT2D eigenvalue weighted by Crippen LogP contribution is 2.36. The van der Waals surface area contributed by atoms with Crippen molar-refractivity contribution in [1.82, 2.24) is 9.55 Å². The first-order valence-electron chi connectivity index (χ1n) is 7.71. The highest BCUT2D eigenvalue weighted by atomic mass is 35.5. The van der Waals surface area contributed by atoms with Crippen molar-refractivity contribution in [3.05, 3.63) is 75.3 Å². The molecule has 0 saturated heterocycles. The molecule has 0 atom stereocenters. The molecule has 6 heteroatoms. The van der Waals surface area contributed by atoms with E-state index in [1.165, 1.54) is 4.57 Å². The van der Waals surface area contributed by atoms with E-state index in [1.54, 1.807) is 30.3 Å². The molecule has 0 radical (unpaired) electrons. The van der Waals surface area contributed by atoms with E-state index in [9.17, 15) is 9.90 Å². The monoisotopic (exact) mass is 351 g/mol. The second-order valence-corrected chi connectivity index (χ2v) is 6.19. The summed E-state index contributed by atoms with van der Waals surface area (Å²) in [6.07, 6.45) is 1.74. The lowest BCUT2D eigenvalue weighted by molar-refractivity contribution is 0.440. The molecule has 1 aliphatic rings. The van der Waals surface area contributed by atoms with Crippen molar-refractivity contribution in [2.24, 2.45) is 4.99 Å². The van der Waals surface area contributed by atoms with Gasteiger partial charge in [0.05, 0.1) is 11.4 Å². The average Bonchev–Trinajstić information content (AvgIpc) is 3.06. The third-order valence-electron chi connectivity index (χ3n) is 4.14. The number of aromatic nitrogens is 2. The molecule has 0 unspecified atom stereocenters. The molecule has 2 aromatic carbocycles. The third-order valence-corrected chi connectivity index (χ3v) is 4.40. The van der Waals surface area contributed by atoms with Crippen LogP contribution in [0.4, 0.5) is 5.69 Å². The Morgan fingerprint density at radius 2 is 1.88 bits per heavy atom. The van der Waals surface area contributed by atoms with E-state index in [4.69, 9.17) is 11.6 Å². The molecule has 0 aliphatic carbocycles. The summed E-state index contributed by atoms with van der Waals surface area (Å²) >= 11 is 5.88. The fourth-order valence-electron chi connectivity index (χ4n) is 2.94. The fraction of sp³-hybridized carbons (Fsp3) is 0.0526. The Bertz CT molecular complexity index is 1090. The number of H-pyrrole nitrogens is 1. The smallest absolute Gasteiger partial charge is 0.333 e. The summed E-state index contributed by atoms with van der Waals surface area (Å²) in [6, 6.07) is 14.4. The van der Waals surface area contributed by atoms with Crippen LogP contribution in [-0.4, -0.2) is 20.4 Å². The first-order valence-corrected chi connectivity index (χ1v) is 8.09. The minimum absolute atomic E-state index is 0.156. The van der Waals surface area contributed by atoms with Gasteiger partial charge in [0, 0.05) is 21.9 Å². The molecule has 3 aromatic rings. The third kappa shape index (κ3) is 2.58. The van der Waals surface area contributed by atoms with Crippen molar-refractivity contribution >= 4 is 34.6 Å². The second-order valence-electron chi connectivity index (χ2n) is 5.75. The quantitative estimate of drug-likeness (QED) is 0.727. The Kier molecular flexibility index (Phi) is 3.58. The number of nitrogens with zero attached hydrogens (tertiary/aromatic N) is 2. The maximum absolute atomic E-state index is 12.3. The van der Waals surface area contributed by atoms with Gasteiger partial charge in [0.2, 0.25) is 5.88 Å². The number of allylic oxidation sites excluding steroid dienone is 1. The first kappa shape index (κ1) is 15.5. The van der Waals surface area contributed by atoms with Crippen LogP contribution in [0, 0.1) is 0 Å². The van der Waals surface area contributed by atoms with Crippen LogP contribution >= 0.6 is 11.6 Å². The van der Waals surface area contributed by atoms with Crippen molar-refractivity contribution in [2.45, 2.75) is 6.92 Å². The van der Waals surface area contributed by atoms with Crippen LogP contribution in [0.1, 0.15) is 18.2 Å². The predicted molar refractivity (Wildman–Crippen MR) is 100 cm³/mol. The second kappa shape index (κ2) is 5.79. The van der Waals surface area contributed by atoms with Gasteiger partial charge in [-0.3, -0.25) is 4.99 Å². The summed E-state index contributed by atoms with van der Waals surface area (Å²) < 4.78 is 1.20. The van der Waals surface area contributed by atoms with E-state index in [1.807, 2.05) is 31.2 Å². The van der Waals surface area contributed by atoms with Crippen molar-refractivity contribution in [2.75, 3.05) is 0 Å². The normalized spacial score (nSPS) is 14.6. The van der Waals surface area contributed by atoms with Gasteiger partial charge >= 0.3 is 5.69 Å². The number of para-hydroxylation sites is 1. The lowest BCUT2D eigenvalue weighted by atomic mass is 10.0. The molecular formula is C19H14ClN3O2. The molecule has 0 bridgehead atoms. The van der Waals surface area contributed by atoms with Crippen LogP contribution in [0.3, 0.4) is 0 Å². The van der Waals surface area contributed by atoms with Crippen LogP contribution in [0.25, 0.3) is 17.3 Å². The van der Waals surface area contributed by atoms with E-state index >= 15 is 0 Å². The fourth-order valence-corrected chi connectivity index (χ4v) is 3.06. The van der Waals surface area contributed by atoms with Gasteiger partial charge in [0.1, 0.15) is 5.69 Å². The van der Waals surface area contributed by atoms with Crippen molar-refractivity contribution < 1.29 is 5.11 Å². The Balaban J connectivity index is 1.84. The molecule has 0 saturated carbocycles. The van der Waals surface area contributed by atoms with Gasteiger partial charge in [-0.2, -0.15) is 0 Å². The zero-order chi connectivity index (χ0) is 17.6. The first-order chi connectivity index (χ1) is 12.0. The molecule has 1 aromatic heterocycles. The Morgan fingerprint density at radius 1 is 1.16 bits per heavy atom. The molecular weight excluding hydrogens is 338 g/mol. The number of hydrogen-bond donors (Lipinski definition) is 2. The van der Waals surface area contributed by atoms with Gasteiger partial charge in [-0.15, -0.1) is 0 Å². The molecule has 0 fully saturated rings. The number of fused-ring (bicyclic) bond motifs is 1. The predicted octanol–water partition coefficient (Wildman–Crippen LogP) is 4.17. The number of aromatic hydroxyl groups is 1. The Morgan fingerprint density at radius 3 is 2.64 bits per heavy atom. The number of hydrogen-bond acceptors (Lipinski definition) is 3. The Labute approximate surface area is 148 Å². The maximum Gasteiger partial charge on any atom is 0.333 e. The lowest BCUT2D eigenvalue weighted by Crippen LogP contribution is -2.14. The molecule has 25 heavy (non-hydrogen) atoms. The number of rotatable bonds is 2. The number of halogens is 1. The highest BCUT2D eigenvalue weighted by molar-refractivity contribution is 6.31. The summed E-state index contributed by atoms with van der Waals surface area (Å²) in [6.45, 7) is 1.90. The zero-order valence-electron chi connectivity index (χ0n) is 13.3. The van der Waals surface area contributed by atoms with E-state index < -0.39 is 5.69 Å². The van der Waals surface area contributed by atoms with Gasteiger partial charge in [0.15, 0.2) is 0 Å². The summed E-state index contributed by atoms with van der Waals surface area (Å²) in [7, 11) is 0. The minimum atomic E-state index is -0.424. The van der Waals surface area contributed by atoms with Crippen LogP contribution in [-0.2, 0) is 0 Å². The van der Waals surface area contributed by atoms with Crippen LogP contribution in [0.5, 0.6) is 5.88 Å². The van der Waals surface area contributed by atoms with Crippen LogP contribution < -0.4 is 5.69 Å². The molecule has 4 rings (SSSR count). The zero-order valence-corrected chi connectivity index (χ0v) is 14.1. The van der Waals surface area contributed by atoms with Gasteiger partial charge < -0.3 is 10.1 Å². The molecule has 5 nitrogen and oxygen atoms in total. The highest BCUT2D eigenvalue weighted by Gasteiger charge is 2.20. The summed E-state index contributed by atoms with van der Waals surface area (Å²) in [5.41, 5.74) is 4.00. The van der Waals surface area contributed by atoms with Crippen LogP contribution in [0.2, 0.25) is 5.02 Å². The molecule has 1 aliphatic heterocycles. The number of aliphatic imine (C=N–C) groups is 1.